The number of aryl methyl sites for hydroxylation is 3. The SMILES string of the molecule is Cc1ccc(/C=N\n2c(=S)[nH]nc(C)c2=O)c(C)c1. The molecule has 1 N–H and O–H groups in total. The van der Waals surface area contributed by atoms with Crippen molar-refractivity contribution in [2.75, 3.05) is 0 Å². The lowest BCUT2D eigenvalue weighted by atomic mass is 10.1. The Balaban J connectivity index is 2.47. The van der Waals surface area contributed by atoms with E-state index in [1.54, 1.807) is 13.1 Å². The smallest absolute Gasteiger partial charge is 0.265 e. The van der Waals surface area contributed by atoms with Gasteiger partial charge in [-0.25, -0.2) is 0 Å². The first-order chi connectivity index (χ1) is 8.99. The Labute approximate surface area is 115 Å². The number of hydrogen-bond donors (Lipinski definition) is 1. The number of nitrogens with zero attached hydrogens (tertiary/aromatic N) is 3. The van der Waals surface area contributed by atoms with Crippen LogP contribution in [0.15, 0.2) is 28.1 Å². The molecule has 6 heteroatoms. The van der Waals surface area contributed by atoms with Crippen LogP contribution < -0.4 is 5.56 Å². The highest BCUT2D eigenvalue weighted by molar-refractivity contribution is 7.71. The average Bonchev–Trinajstić information content (AvgIpc) is 2.36. The van der Waals surface area contributed by atoms with Crippen LogP contribution in [0.5, 0.6) is 0 Å². The van der Waals surface area contributed by atoms with Gasteiger partial charge < -0.3 is 0 Å². The highest BCUT2D eigenvalue weighted by Gasteiger charge is 2.01. The molecule has 98 valence electrons. The van der Waals surface area contributed by atoms with E-state index >= 15 is 0 Å². The fourth-order valence-corrected chi connectivity index (χ4v) is 1.84. The van der Waals surface area contributed by atoms with Crippen LogP contribution in [-0.2, 0) is 0 Å². The molecule has 0 amide bonds. The van der Waals surface area contributed by atoms with E-state index in [1.165, 1.54) is 5.56 Å². The van der Waals surface area contributed by atoms with Crippen LogP contribution in [0.25, 0.3) is 0 Å². The number of aromatic amines is 1. The molecule has 19 heavy (non-hydrogen) atoms. The summed E-state index contributed by atoms with van der Waals surface area (Å²) in [4.78, 5) is 11.8. The molecule has 0 spiro atoms. The normalized spacial score (nSPS) is 11.1. The number of hydrogen-bond acceptors (Lipinski definition) is 4. The minimum atomic E-state index is -0.315. The highest BCUT2D eigenvalue weighted by Crippen LogP contribution is 2.08. The van der Waals surface area contributed by atoms with Gasteiger partial charge in [0.2, 0.25) is 4.77 Å². The van der Waals surface area contributed by atoms with E-state index in [0.29, 0.717) is 5.69 Å². The van der Waals surface area contributed by atoms with Gasteiger partial charge in [0.1, 0.15) is 5.69 Å². The van der Waals surface area contributed by atoms with Gasteiger partial charge in [-0.1, -0.05) is 23.8 Å². The zero-order chi connectivity index (χ0) is 14.0. The van der Waals surface area contributed by atoms with Gasteiger partial charge in [-0.05, 0) is 44.1 Å². The largest absolute Gasteiger partial charge is 0.296 e. The van der Waals surface area contributed by atoms with Crippen molar-refractivity contribution in [3.8, 4) is 0 Å². The molecule has 0 aliphatic carbocycles. The molecule has 0 fully saturated rings. The van der Waals surface area contributed by atoms with Crippen molar-refractivity contribution in [3.63, 3.8) is 0 Å². The van der Waals surface area contributed by atoms with Crippen molar-refractivity contribution < 1.29 is 0 Å². The van der Waals surface area contributed by atoms with Gasteiger partial charge in [-0.2, -0.15) is 14.9 Å². The molecule has 5 nitrogen and oxygen atoms in total. The Morgan fingerprint density at radius 2 is 2.11 bits per heavy atom. The van der Waals surface area contributed by atoms with Crippen LogP contribution >= 0.6 is 12.2 Å². The third kappa shape index (κ3) is 2.85. The van der Waals surface area contributed by atoms with Crippen molar-refractivity contribution in [2.24, 2.45) is 5.10 Å². The summed E-state index contributed by atoms with van der Waals surface area (Å²) in [5, 5.41) is 10.5. The number of rotatable bonds is 2. The molecule has 0 bridgehead atoms. The quantitative estimate of drug-likeness (QED) is 0.674. The number of nitrogens with one attached hydrogen (secondary N) is 1. The Bertz CT molecular complexity index is 758. The predicted molar refractivity (Wildman–Crippen MR) is 77.3 cm³/mol. The maximum absolute atomic E-state index is 11.8. The first-order valence-corrected chi connectivity index (χ1v) is 6.20. The third-order valence-corrected chi connectivity index (χ3v) is 3.02. The molecule has 0 saturated heterocycles. The molecule has 1 heterocycles. The maximum Gasteiger partial charge on any atom is 0.296 e. The molecule has 0 aliphatic heterocycles. The molecule has 2 rings (SSSR count). The summed E-state index contributed by atoms with van der Waals surface area (Å²) in [6.45, 7) is 5.63. The topological polar surface area (TPSA) is 63.0 Å². The monoisotopic (exact) mass is 274 g/mol. The molecule has 0 atom stereocenters. The molecular weight excluding hydrogens is 260 g/mol. The van der Waals surface area contributed by atoms with E-state index in [1.807, 2.05) is 26.0 Å². The molecule has 0 aliphatic rings. The van der Waals surface area contributed by atoms with E-state index in [0.717, 1.165) is 15.8 Å². The van der Waals surface area contributed by atoms with Crippen molar-refractivity contribution in [1.29, 1.82) is 0 Å². The fraction of sp³-hybridized carbons (Fsp3) is 0.231. The van der Waals surface area contributed by atoms with E-state index in [2.05, 4.69) is 21.4 Å². The van der Waals surface area contributed by atoms with E-state index in [4.69, 9.17) is 12.2 Å². The highest BCUT2D eigenvalue weighted by atomic mass is 32.1. The first-order valence-electron chi connectivity index (χ1n) is 5.79. The summed E-state index contributed by atoms with van der Waals surface area (Å²) in [7, 11) is 0. The van der Waals surface area contributed by atoms with Crippen LogP contribution in [0.1, 0.15) is 22.4 Å². The summed E-state index contributed by atoms with van der Waals surface area (Å²) >= 11 is 5.00. The Morgan fingerprint density at radius 3 is 2.79 bits per heavy atom. The minimum absolute atomic E-state index is 0.177. The third-order valence-electron chi connectivity index (χ3n) is 2.75. The zero-order valence-electron chi connectivity index (χ0n) is 11.0. The summed E-state index contributed by atoms with van der Waals surface area (Å²) in [6.07, 6.45) is 1.62. The van der Waals surface area contributed by atoms with Gasteiger partial charge in [0.15, 0.2) is 0 Å². The van der Waals surface area contributed by atoms with Gasteiger partial charge in [-0.15, -0.1) is 0 Å². The second kappa shape index (κ2) is 5.27. The second-order valence-corrected chi connectivity index (χ2v) is 4.72. The number of aromatic nitrogens is 3. The molecule has 0 unspecified atom stereocenters. The lowest BCUT2D eigenvalue weighted by Gasteiger charge is -2.02. The van der Waals surface area contributed by atoms with Crippen LogP contribution in [-0.4, -0.2) is 21.1 Å². The van der Waals surface area contributed by atoms with E-state index in [9.17, 15) is 4.79 Å². The average molecular weight is 274 g/mol. The van der Waals surface area contributed by atoms with Gasteiger partial charge in [0.05, 0.1) is 6.21 Å². The minimum Gasteiger partial charge on any atom is -0.265 e. The van der Waals surface area contributed by atoms with E-state index < -0.39 is 0 Å². The molecule has 1 aromatic heterocycles. The Morgan fingerprint density at radius 1 is 1.37 bits per heavy atom. The lowest BCUT2D eigenvalue weighted by Crippen LogP contribution is -2.22. The summed E-state index contributed by atoms with van der Waals surface area (Å²) in [6, 6.07) is 6.01. The standard InChI is InChI=1S/C13H14N4OS/c1-8-4-5-11(9(2)6-8)7-14-17-12(18)10(3)15-16-13(17)19/h4-7H,1-3H3,(H,16,19)/b14-7-. The summed E-state index contributed by atoms with van der Waals surface area (Å²) in [5.74, 6) is 0. The molecule has 2 aromatic rings. The predicted octanol–water partition coefficient (Wildman–Crippen LogP) is 2.11. The molecule has 1 aromatic carbocycles. The van der Waals surface area contributed by atoms with Crippen LogP contribution in [0.4, 0.5) is 0 Å². The fourth-order valence-electron chi connectivity index (χ4n) is 1.67. The molecular formula is C13H14N4OS. The molecule has 0 radical (unpaired) electrons. The lowest BCUT2D eigenvalue weighted by molar-refractivity contribution is 0.720. The summed E-state index contributed by atoms with van der Waals surface area (Å²) < 4.78 is 1.31. The van der Waals surface area contributed by atoms with Crippen LogP contribution in [0.2, 0.25) is 0 Å². The van der Waals surface area contributed by atoms with Gasteiger partial charge in [0, 0.05) is 0 Å². The number of H-pyrrole nitrogens is 1. The van der Waals surface area contributed by atoms with Crippen molar-refractivity contribution in [3.05, 3.63) is 55.7 Å². The van der Waals surface area contributed by atoms with Gasteiger partial charge >= 0.3 is 0 Å². The summed E-state index contributed by atoms with van der Waals surface area (Å²) in [5.41, 5.74) is 3.24. The molecule has 0 saturated carbocycles. The Kier molecular flexibility index (Phi) is 3.71. The number of benzene rings is 1. The Hall–Kier alpha value is -2.08. The maximum atomic E-state index is 11.8. The van der Waals surface area contributed by atoms with Crippen LogP contribution in [0, 0.1) is 25.5 Å². The van der Waals surface area contributed by atoms with Crippen molar-refractivity contribution in [1.82, 2.24) is 14.9 Å². The van der Waals surface area contributed by atoms with Crippen molar-refractivity contribution >= 4 is 18.4 Å². The zero-order valence-corrected chi connectivity index (χ0v) is 11.8. The van der Waals surface area contributed by atoms with E-state index in [-0.39, 0.29) is 10.3 Å². The van der Waals surface area contributed by atoms with Crippen molar-refractivity contribution in [2.45, 2.75) is 20.8 Å². The van der Waals surface area contributed by atoms with Gasteiger partial charge in [-0.3, -0.25) is 9.89 Å². The second-order valence-electron chi connectivity index (χ2n) is 4.34. The van der Waals surface area contributed by atoms with Gasteiger partial charge in [0.25, 0.3) is 5.56 Å². The van der Waals surface area contributed by atoms with Crippen LogP contribution in [0.3, 0.4) is 0 Å². The first kappa shape index (κ1) is 13.4.